The van der Waals surface area contributed by atoms with Crippen LogP contribution in [0.4, 0.5) is 10.2 Å². The van der Waals surface area contributed by atoms with E-state index in [1.165, 1.54) is 18.5 Å². The van der Waals surface area contributed by atoms with Gasteiger partial charge < -0.3 is 19.4 Å². The Morgan fingerprint density at radius 1 is 1.04 bits per heavy atom. The van der Waals surface area contributed by atoms with Gasteiger partial charge in [0.1, 0.15) is 23.2 Å². The second-order valence-corrected chi connectivity index (χ2v) is 6.60. The summed E-state index contributed by atoms with van der Waals surface area (Å²) >= 11 is 0. The van der Waals surface area contributed by atoms with Gasteiger partial charge in [-0.1, -0.05) is 6.07 Å². The van der Waals surface area contributed by atoms with Crippen molar-refractivity contribution in [1.29, 1.82) is 0 Å². The molecule has 0 aliphatic rings. The van der Waals surface area contributed by atoms with E-state index in [1.54, 1.807) is 20.3 Å². The number of benzene rings is 2. The minimum absolute atomic E-state index is 0.282. The Hall–Kier alpha value is -3.35. The number of anilines is 1. The number of hydrogen-bond donors (Lipinski definition) is 1. The third kappa shape index (κ3) is 3.19. The molecule has 0 saturated carbocycles. The number of aromatic nitrogens is 3. The molecule has 0 saturated heterocycles. The molecule has 0 unspecified atom stereocenters. The summed E-state index contributed by atoms with van der Waals surface area (Å²) in [6.07, 6.45) is 2.32. The number of nitrogens with one attached hydrogen (secondary N) is 1. The zero-order chi connectivity index (χ0) is 19.7. The molecule has 4 rings (SSSR count). The van der Waals surface area contributed by atoms with Crippen molar-refractivity contribution >= 4 is 27.8 Å². The normalized spacial score (nSPS) is 11.1. The first kappa shape index (κ1) is 18.0. The molecule has 2 aromatic carbocycles. The molecule has 0 atom stereocenters. The average molecular weight is 380 g/mol. The minimum Gasteiger partial charge on any atom is -0.493 e. The Bertz CT molecular complexity index is 1140. The summed E-state index contributed by atoms with van der Waals surface area (Å²) in [7, 11) is 5.23. The maximum absolute atomic E-state index is 13.6. The molecule has 0 aliphatic carbocycles. The van der Waals surface area contributed by atoms with E-state index in [-0.39, 0.29) is 5.82 Å². The highest BCUT2D eigenvalue weighted by Gasteiger charge is 2.14. The summed E-state index contributed by atoms with van der Waals surface area (Å²) in [4.78, 5) is 14.2. The van der Waals surface area contributed by atoms with Crippen molar-refractivity contribution in [2.24, 2.45) is 0 Å². The summed E-state index contributed by atoms with van der Waals surface area (Å²) in [6, 6.07) is 10.6. The Morgan fingerprint density at radius 2 is 1.86 bits per heavy atom. The molecular formula is C21H21FN4O2. The van der Waals surface area contributed by atoms with E-state index in [1.807, 2.05) is 25.2 Å². The second-order valence-electron chi connectivity index (χ2n) is 6.60. The lowest BCUT2D eigenvalue weighted by Crippen LogP contribution is -2.21. The molecule has 0 bridgehead atoms. The number of nitrogens with zero attached hydrogens (tertiary/aromatic N) is 3. The van der Waals surface area contributed by atoms with Gasteiger partial charge in [0.25, 0.3) is 0 Å². The predicted molar refractivity (Wildman–Crippen MR) is 108 cm³/mol. The largest absolute Gasteiger partial charge is 0.493 e. The van der Waals surface area contributed by atoms with Crippen molar-refractivity contribution in [3.8, 4) is 11.5 Å². The van der Waals surface area contributed by atoms with Gasteiger partial charge in [0.15, 0.2) is 17.3 Å². The van der Waals surface area contributed by atoms with Gasteiger partial charge in [0, 0.05) is 24.5 Å². The van der Waals surface area contributed by atoms with Gasteiger partial charge in [-0.25, -0.2) is 14.4 Å². The lowest BCUT2D eigenvalue weighted by Gasteiger charge is -2.19. The summed E-state index contributed by atoms with van der Waals surface area (Å²) in [5.41, 5.74) is 3.50. The quantitative estimate of drug-likeness (QED) is 0.549. The molecule has 4 aromatic rings. The van der Waals surface area contributed by atoms with Crippen LogP contribution < -0.4 is 14.4 Å². The fourth-order valence-corrected chi connectivity index (χ4v) is 3.38. The fraction of sp³-hybridized carbons (Fsp3) is 0.238. The van der Waals surface area contributed by atoms with E-state index < -0.39 is 0 Å². The number of halogens is 1. The first-order chi connectivity index (χ1) is 13.6. The highest BCUT2D eigenvalue weighted by Crippen LogP contribution is 2.30. The molecule has 0 radical (unpaired) electrons. The lowest BCUT2D eigenvalue weighted by molar-refractivity contribution is 0.354. The van der Waals surface area contributed by atoms with Crippen molar-refractivity contribution in [3.05, 3.63) is 54.1 Å². The Balaban J connectivity index is 1.61. The molecule has 144 valence electrons. The van der Waals surface area contributed by atoms with Gasteiger partial charge in [-0.3, -0.25) is 0 Å². The number of ether oxygens (including phenoxy) is 2. The van der Waals surface area contributed by atoms with Gasteiger partial charge in [-0.15, -0.1) is 0 Å². The molecule has 2 aromatic heterocycles. The highest BCUT2D eigenvalue weighted by atomic mass is 19.1. The zero-order valence-electron chi connectivity index (χ0n) is 16.0. The Labute approximate surface area is 161 Å². The van der Waals surface area contributed by atoms with Crippen LogP contribution in [0.25, 0.3) is 21.9 Å². The van der Waals surface area contributed by atoms with E-state index in [2.05, 4.69) is 19.9 Å². The number of likely N-dealkylation sites (N-methyl/N-ethyl adjacent to an activating group) is 1. The first-order valence-electron chi connectivity index (χ1n) is 8.94. The molecule has 2 heterocycles. The van der Waals surface area contributed by atoms with Gasteiger partial charge >= 0.3 is 0 Å². The molecule has 0 spiro atoms. The standard InChI is InChI=1S/C21H21FN4O2/c1-26(9-8-13-4-7-17(27-2)18(10-13)28-3)21-20-19(23-12-24-21)15-11-14(22)5-6-16(15)25-20/h4-7,10-12,25H,8-9H2,1-3H3. The van der Waals surface area contributed by atoms with Crippen molar-refractivity contribution in [2.75, 3.05) is 32.7 Å². The van der Waals surface area contributed by atoms with E-state index in [0.717, 1.165) is 46.3 Å². The summed E-state index contributed by atoms with van der Waals surface area (Å²) in [6.45, 7) is 0.741. The van der Waals surface area contributed by atoms with Crippen LogP contribution in [0.3, 0.4) is 0 Å². The number of methoxy groups -OCH3 is 2. The topological polar surface area (TPSA) is 63.3 Å². The van der Waals surface area contributed by atoms with Gasteiger partial charge in [-0.05, 0) is 42.3 Å². The average Bonchev–Trinajstić information content (AvgIpc) is 3.09. The van der Waals surface area contributed by atoms with Crippen LogP contribution in [0.5, 0.6) is 11.5 Å². The van der Waals surface area contributed by atoms with E-state index in [0.29, 0.717) is 11.5 Å². The van der Waals surface area contributed by atoms with E-state index >= 15 is 0 Å². The van der Waals surface area contributed by atoms with Crippen LogP contribution in [0.15, 0.2) is 42.7 Å². The summed E-state index contributed by atoms with van der Waals surface area (Å²) in [5, 5.41) is 0.756. The van der Waals surface area contributed by atoms with E-state index in [4.69, 9.17) is 9.47 Å². The van der Waals surface area contributed by atoms with Crippen molar-refractivity contribution in [1.82, 2.24) is 15.0 Å². The monoisotopic (exact) mass is 380 g/mol. The Morgan fingerprint density at radius 3 is 2.64 bits per heavy atom. The fourth-order valence-electron chi connectivity index (χ4n) is 3.38. The maximum atomic E-state index is 13.6. The minimum atomic E-state index is -0.282. The third-order valence-electron chi connectivity index (χ3n) is 4.87. The molecular weight excluding hydrogens is 359 g/mol. The number of aromatic amines is 1. The molecule has 6 nitrogen and oxygen atoms in total. The molecule has 0 amide bonds. The molecule has 0 aliphatic heterocycles. The summed E-state index contributed by atoms with van der Waals surface area (Å²) in [5.74, 6) is 1.92. The first-order valence-corrected chi connectivity index (χ1v) is 8.94. The van der Waals surface area contributed by atoms with Crippen LogP contribution in [0, 0.1) is 5.82 Å². The number of rotatable bonds is 6. The number of H-pyrrole nitrogens is 1. The number of fused-ring (bicyclic) bond motifs is 3. The van der Waals surface area contributed by atoms with Crippen LogP contribution in [-0.4, -0.2) is 42.8 Å². The highest BCUT2D eigenvalue weighted by molar-refractivity contribution is 6.08. The molecule has 28 heavy (non-hydrogen) atoms. The van der Waals surface area contributed by atoms with Crippen molar-refractivity contribution in [3.63, 3.8) is 0 Å². The lowest BCUT2D eigenvalue weighted by atomic mass is 10.1. The second kappa shape index (κ2) is 7.34. The number of hydrogen-bond acceptors (Lipinski definition) is 5. The van der Waals surface area contributed by atoms with Crippen LogP contribution in [-0.2, 0) is 6.42 Å². The van der Waals surface area contributed by atoms with Gasteiger partial charge in [-0.2, -0.15) is 0 Å². The van der Waals surface area contributed by atoms with Crippen LogP contribution in [0.2, 0.25) is 0 Å². The molecule has 0 fully saturated rings. The van der Waals surface area contributed by atoms with Crippen LogP contribution in [0.1, 0.15) is 5.56 Å². The molecule has 7 heteroatoms. The smallest absolute Gasteiger partial charge is 0.160 e. The van der Waals surface area contributed by atoms with E-state index in [9.17, 15) is 4.39 Å². The Kier molecular flexibility index (Phi) is 4.73. The zero-order valence-corrected chi connectivity index (χ0v) is 16.0. The maximum Gasteiger partial charge on any atom is 0.160 e. The predicted octanol–water partition coefficient (Wildman–Crippen LogP) is 3.95. The van der Waals surface area contributed by atoms with Gasteiger partial charge in [0.05, 0.1) is 14.2 Å². The van der Waals surface area contributed by atoms with Gasteiger partial charge in [0.2, 0.25) is 0 Å². The third-order valence-corrected chi connectivity index (χ3v) is 4.87. The van der Waals surface area contributed by atoms with Crippen molar-refractivity contribution < 1.29 is 13.9 Å². The summed E-state index contributed by atoms with van der Waals surface area (Å²) < 4.78 is 24.3. The molecule has 1 N–H and O–H groups in total. The van der Waals surface area contributed by atoms with Crippen LogP contribution >= 0.6 is 0 Å². The van der Waals surface area contributed by atoms with Crippen molar-refractivity contribution in [2.45, 2.75) is 6.42 Å². The SMILES string of the molecule is COc1ccc(CCN(C)c2ncnc3c2[nH]c2ccc(F)cc23)cc1OC.